The van der Waals surface area contributed by atoms with Gasteiger partial charge in [-0.2, -0.15) is 0 Å². The Balaban J connectivity index is 1.20. The second-order valence-electron chi connectivity index (χ2n) is 9.23. The molecule has 1 N–H and O–H groups in total. The van der Waals surface area contributed by atoms with E-state index in [1.165, 1.54) is 38.5 Å². The van der Waals surface area contributed by atoms with Gasteiger partial charge >= 0.3 is 0 Å². The van der Waals surface area contributed by atoms with Gasteiger partial charge in [0, 0.05) is 23.3 Å². The third-order valence-corrected chi connectivity index (χ3v) is 7.02. The summed E-state index contributed by atoms with van der Waals surface area (Å²) < 4.78 is 18.3. The standard InChI is InChI=1S/C28H38O4/c1-2-3-4-9-18-30-20-24-23(27-16-17-28(24)32-27)12-6-5-10-19-31-26-15-14-25(29)21-11-7-8-13-22(21)26/h5-8,11,13-15,23-24,27-29H,2-4,9-10,12,16-20H2,1H3/b6-5-/t23-,24+,27-,28+/m1/s1. The Morgan fingerprint density at radius 2 is 1.75 bits per heavy atom. The lowest BCUT2D eigenvalue weighted by Crippen LogP contribution is -2.30. The van der Waals surface area contributed by atoms with Crippen molar-refractivity contribution in [2.75, 3.05) is 19.8 Å². The first-order valence-electron chi connectivity index (χ1n) is 12.5. The number of phenolic OH excluding ortho intramolecular Hbond substituents is 1. The number of hydrogen-bond donors (Lipinski definition) is 1. The summed E-state index contributed by atoms with van der Waals surface area (Å²) in [6, 6.07) is 11.4. The second-order valence-corrected chi connectivity index (χ2v) is 9.23. The Morgan fingerprint density at radius 1 is 0.938 bits per heavy atom. The van der Waals surface area contributed by atoms with Crippen molar-refractivity contribution < 1.29 is 19.3 Å². The van der Waals surface area contributed by atoms with Crippen LogP contribution in [0.25, 0.3) is 10.8 Å². The van der Waals surface area contributed by atoms with Crippen LogP contribution >= 0.6 is 0 Å². The number of ether oxygens (including phenoxy) is 3. The van der Waals surface area contributed by atoms with Crippen LogP contribution in [-0.2, 0) is 9.47 Å². The van der Waals surface area contributed by atoms with Crippen LogP contribution < -0.4 is 4.74 Å². The Kier molecular flexibility index (Phi) is 8.47. The van der Waals surface area contributed by atoms with E-state index >= 15 is 0 Å². The van der Waals surface area contributed by atoms with Crippen LogP contribution in [0.5, 0.6) is 11.5 Å². The van der Waals surface area contributed by atoms with Gasteiger partial charge in [-0.15, -0.1) is 0 Å². The molecule has 4 heteroatoms. The molecule has 0 radical (unpaired) electrons. The fourth-order valence-electron chi connectivity index (χ4n) is 5.27. The lowest BCUT2D eigenvalue weighted by Gasteiger charge is -2.27. The first kappa shape index (κ1) is 23.1. The molecule has 0 aliphatic carbocycles. The van der Waals surface area contributed by atoms with Crippen LogP contribution in [0.3, 0.4) is 0 Å². The molecule has 4 nitrogen and oxygen atoms in total. The summed E-state index contributed by atoms with van der Waals surface area (Å²) in [4.78, 5) is 0. The summed E-state index contributed by atoms with van der Waals surface area (Å²) in [7, 11) is 0. The van der Waals surface area contributed by atoms with E-state index in [9.17, 15) is 5.11 Å². The molecule has 2 bridgehead atoms. The average molecular weight is 439 g/mol. The summed E-state index contributed by atoms with van der Waals surface area (Å²) in [5.74, 6) is 2.25. The molecule has 2 fully saturated rings. The Bertz CT molecular complexity index is 877. The second kappa shape index (κ2) is 11.7. The van der Waals surface area contributed by atoms with E-state index in [0.29, 0.717) is 36.4 Å². The maximum Gasteiger partial charge on any atom is 0.127 e. The molecular weight excluding hydrogens is 400 g/mol. The molecule has 0 spiro atoms. The summed E-state index contributed by atoms with van der Waals surface area (Å²) in [6.45, 7) is 4.61. The molecule has 2 saturated heterocycles. The van der Waals surface area contributed by atoms with Crippen molar-refractivity contribution in [2.24, 2.45) is 11.8 Å². The molecule has 2 aliphatic heterocycles. The zero-order valence-electron chi connectivity index (χ0n) is 19.4. The molecule has 0 unspecified atom stereocenters. The highest BCUT2D eigenvalue weighted by Gasteiger charge is 2.48. The maximum atomic E-state index is 10.0. The molecule has 0 amide bonds. The fourth-order valence-corrected chi connectivity index (χ4v) is 5.27. The van der Waals surface area contributed by atoms with Gasteiger partial charge in [-0.25, -0.2) is 0 Å². The summed E-state index contributed by atoms with van der Waals surface area (Å²) in [6.07, 6.45) is 14.7. The Hall–Kier alpha value is -2.04. The summed E-state index contributed by atoms with van der Waals surface area (Å²) in [5.41, 5.74) is 0. The monoisotopic (exact) mass is 438 g/mol. The number of phenols is 1. The van der Waals surface area contributed by atoms with Gasteiger partial charge in [0.2, 0.25) is 0 Å². The van der Waals surface area contributed by atoms with Crippen LogP contribution in [0.1, 0.15) is 58.3 Å². The van der Waals surface area contributed by atoms with Crippen molar-refractivity contribution in [2.45, 2.75) is 70.5 Å². The average Bonchev–Trinajstić information content (AvgIpc) is 3.42. The number of rotatable bonds is 13. The van der Waals surface area contributed by atoms with Gasteiger partial charge < -0.3 is 19.3 Å². The van der Waals surface area contributed by atoms with E-state index in [0.717, 1.165) is 42.6 Å². The zero-order chi connectivity index (χ0) is 22.2. The van der Waals surface area contributed by atoms with Crippen molar-refractivity contribution in [1.82, 2.24) is 0 Å². The third-order valence-electron chi connectivity index (χ3n) is 7.02. The van der Waals surface area contributed by atoms with Gasteiger partial charge in [0.15, 0.2) is 0 Å². The first-order valence-corrected chi connectivity index (χ1v) is 12.5. The van der Waals surface area contributed by atoms with Gasteiger partial charge in [0.05, 0.1) is 25.4 Å². The van der Waals surface area contributed by atoms with Gasteiger partial charge in [-0.05, 0) is 50.2 Å². The minimum absolute atomic E-state index is 0.292. The van der Waals surface area contributed by atoms with Crippen molar-refractivity contribution >= 4 is 10.8 Å². The summed E-state index contributed by atoms with van der Waals surface area (Å²) in [5, 5.41) is 11.8. The molecule has 4 atom stereocenters. The number of unbranched alkanes of at least 4 members (excludes halogenated alkanes) is 3. The molecule has 0 saturated carbocycles. The molecule has 174 valence electrons. The minimum Gasteiger partial charge on any atom is -0.507 e. The molecule has 2 aromatic rings. The highest BCUT2D eigenvalue weighted by atomic mass is 16.5. The van der Waals surface area contributed by atoms with E-state index in [2.05, 4.69) is 19.1 Å². The maximum absolute atomic E-state index is 10.0. The smallest absolute Gasteiger partial charge is 0.127 e. The van der Waals surface area contributed by atoms with E-state index in [4.69, 9.17) is 14.2 Å². The number of fused-ring (bicyclic) bond motifs is 3. The van der Waals surface area contributed by atoms with E-state index in [1.54, 1.807) is 6.07 Å². The predicted molar refractivity (Wildman–Crippen MR) is 129 cm³/mol. The van der Waals surface area contributed by atoms with Crippen LogP contribution in [0.4, 0.5) is 0 Å². The predicted octanol–water partition coefficient (Wildman–Crippen LogP) is 6.65. The van der Waals surface area contributed by atoms with Crippen molar-refractivity contribution in [3.8, 4) is 11.5 Å². The molecule has 2 aliphatic rings. The normalized spacial score (nSPS) is 24.7. The van der Waals surface area contributed by atoms with Crippen LogP contribution in [0.2, 0.25) is 0 Å². The zero-order valence-corrected chi connectivity index (χ0v) is 19.4. The van der Waals surface area contributed by atoms with Crippen LogP contribution in [0, 0.1) is 11.8 Å². The molecule has 2 aromatic carbocycles. The lowest BCUT2D eigenvalue weighted by molar-refractivity contribution is 0.0478. The molecule has 4 rings (SSSR count). The molecule has 32 heavy (non-hydrogen) atoms. The van der Waals surface area contributed by atoms with Crippen molar-refractivity contribution in [3.05, 3.63) is 48.6 Å². The molecule has 0 aromatic heterocycles. The summed E-state index contributed by atoms with van der Waals surface area (Å²) >= 11 is 0. The van der Waals surface area contributed by atoms with Gasteiger partial charge in [-0.1, -0.05) is 62.6 Å². The fraction of sp³-hybridized carbons (Fsp3) is 0.571. The first-order chi connectivity index (χ1) is 15.8. The van der Waals surface area contributed by atoms with Crippen molar-refractivity contribution in [1.29, 1.82) is 0 Å². The van der Waals surface area contributed by atoms with Gasteiger partial charge in [-0.3, -0.25) is 0 Å². The number of aromatic hydroxyl groups is 1. The highest BCUT2D eigenvalue weighted by Crippen LogP contribution is 2.45. The molecular formula is C28H38O4. The van der Waals surface area contributed by atoms with Gasteiger partial charge in [0.25, 0.3) is 0 Å². The van der Waals surface area contributed by atoms with Crippen LogP contribution in [-0.4, -0.2) is 37.1 Å². The Morgan fingerprint density at radius 3 is 2.59 bits per heavy atom. The van der Waals surface area contributed by atoms with E-state index in [-0.39, 0.29) is 0 Å². The topological polar surface area (TPSA) is 47.9 Å². The number of hydrogen-bond acceptors (Lipinski definition) is 4. The number of benzene rings is 2. The highest BCUT2D eigenvalue weighted by molar-refractivity contribution is 5.92. The van der Waals surface area contributed by atoms with Crippen LogP contribution in [0.15, 0.2) is 48.6 Å². The van der Waals surface area contributed by atoms with E-state index in [1.807, 2.05) is 30.3 Å². The Labute approximate surface area is 192 Å². The third kappa shape index (κ3) is 5.65. The van der Waals surface area contributed by atoms with E-state index < -0.39 is 0 Å². The SMILES string of the molecule is CCCCCCOC[C@H]1[C@@H](C/C=C\CCOc2ccc(O)c3ccccc23)[C@H]2CC[C@@H]1O2. The lowest BCUT2D eigenvalue weighted by atomic mass is 9.78. The van der Waals surface area contributed by atoms with Crippen molar-refractivity contribution in [3.63, 3.8) is 0 Å². The minimum atomic E-state index is 0.292. The number of allylic oxidation sites excluding steroid dienone is 1. The van der Waals surface area contributed by atoms with Gasteiger partial charge in [0.1, 0.15) is 11.5 Å². The quantitative estimate of drug-likeness (QED) is 0.281. The molecule has 2 heterocycles. The largest absolute Gasteiger partial charge is 0.507 e.